The number of nitriles is 1. The zero-order chi connectivity index (χ0) is 23.2. The molecule has 5 nitrogen and oxygen atoms in total. The normalized spacial score (nSPS) is 12.5. The molecule has 2 aromatic carbocycles. The Kier molecular flexibility index (Phi) is 4.87. The fourth-order valence-corrected chi connectivity index (χ4v) is 4.26. The first-order valence-electron chi connectivity index (χ1n) is 10.9. The summed E-state index contributed by atoms with van der Waals surface area (Å²) in [6, 6.07) is 20.4. The molecular formula is C28H24N4O. The standard InChI is InChI=1S/C28H24N4O/c1-28(2,18-29)23-9-11-24(12-10-23)32-26(17-31(3)27(32)33)25-16-22(13-14-30-25)21-8-7-19-5-4-6-20(19)15-21/h4,6-17H,5H2,1-3H3. The molecular weight excluding hydrogens is 408 g/mol. The summed E-state index contributed by atoms with van der Waals surface area (Å²) in [7, 11) is 1.74. The van der Waals surface area contributed by atoms with Crippen LogP contribution in [0.25, 0.3) is 34.3 Å². The van der Waals surface area contributed by atoms with Crippen molar-refractivity contribution in [2.75, 3.05) is 0 Å². The van der Waals surface area contributed by atoms with Gasteiger partial charge < -0.3 is 4.57 Å². The van der Waals surface area contributed by atoms with Crippen molar-refractivity contribution in [1.29, 1.82) is 5.26 Å². The van der Waals surface area contributed by atoms with Crippen molar-refractivity contribution in [1.82, 2.24) is 14.1 Å². The van der Waals surface area contributed by atoms with Gasteiger partial charge in [-0.15, -0.1) is 0 Å². The van der Waals surface area contributed by atoms with E-state index in [4.69, 9.17) is 0 Å². The quantitative estimate of drug-likeness (QED) is 0.441. The number of imidazole rings is 1. The molecule has 1 aliphatic carbocycles. The molecule has 0 amide bonds. The molecule has 0 atom stereocenters. The van der Waals surface area contributed by atoms with Crippen molar-refractivity contribution >= 4 is 6.08 Å². The Morgan fingerprint density at radius 1 is 1.03 bits per heavy atom. The highest BCUT2D eigenvalue weighted by atomic mass is 16.1. The third-order valence-electron chi connectivity index (χ3n) is 6.31. The lowest BCUT2D eigenvalue weighted by Crippen LogP contribution is -2.21. The predicted octanol–water partition coefficient (Wildman–Crippen LogP) is 5.28. The van der Waals surface area contributed by atoms with Crippen LogP contribution in [0.15, 0.2) is 77.9 Å². The summed E-state index contributed by atoms with van der Waals surface area (Å²) in [6.07, 6.45) is 8.92. The Morgan fingerprint density at radius 3 is 2.55 bits per heavy atom. The lowest BCUT2D eigenvalue weighted by molar-refractivity contribution is 0.686. The highest BCUT2D eigenvalue weighted by Crippen LogP contribution is 2.30. The molecule has 5 rings (SSSR count). The fourth-order valence-electron chi connectivity index (χ4n) is 4.26. The van der Waals surface area contributed by atoms with Crippen LogP contribution in [0, 0.1) is 11.3 Å². The summed E-state index contributed by atoms with van der Waals surface area (Å²) in [5, 5.41) is 9.43. The Bertz CT molecular complexity index is 1490. The number of rotatable bonds is 4. The molecule has 33 heavy (non-hydrogen) atoms. The second-order valence-electron chi connectivity index (χ2n) is 8.98. The molecule has 0 spiro atoms. The van der Waals surface area contributed by atoms with Crippen LogP contribution >= 0.6 is 0 Å². The van der Waals surface area contributed by atoms with Gasteiger partial charge in [0.15, 0.2) is 0 Å². The van der Waals surface area contributed by atoms with E-state index in [-0.39, 0.29) is 5.69 Å². The fraction of sp³-hybridized carbons (Fsp3) is 0.179. The second kappa shape index (κ2) is 7.75. The molecule has 5 heteroatoms. The van der Waals surface area contributed by atoms with Crippen molar-refractivity contribution in [3.8, 4) is 34.3 Å². The van der Waals surface area contributed by atoms with Gasteiger partial charge in [0, 0.05) is 19.4 Å². The minimum Gasteiger partial charge on any atom is -0.301 e. The van der Waals surface area contributed by atoms with Gasteiger partial charge in [-0.25, -0.2) is 4.79 Å². The first-order chi connectivity index (χ1) is 15.9. The number of allylic oxidation sites excluding steroid dienone is 1. The summed E-state index contributed by atoms with van der Waals surface area (Å²) in [6.45, 7) is 3.76. The predicted molar refractivity (Wildman–Crippen MR) is 131 cm³/mol. The van der Waals surface area contributed by atoms with E-state index in [0.29, 0.717) is 0 Å². The van der Waals surface area contributed by atoms with Gasteiger partial charge in [-0.3, -0.25) is 9.55 Å². The number of aryl methyl sites for hydroxylation is 1. The van der Waals surface area contributed by atoms with E-state index in [2.05, 4.69) is 41.4 Å². The van der Waals surface area contributed by atoms with Gasteiger partial charge in [0.2, 0.25) is 0 Å². The number of nitrogens with zero attached hydrogens (tertiary/aromatic N) is 4. The highest BCUT2D eigenvalue weighted by molar-refractivity contribution is 5.74. The van der Waals surface area contributed by atoms with Gasteiger partial charge in [-0.2, -0.15) is 5.26 Å². The van der Waals surface area contributed by atoms with Crippen molar-refractivity contribution < 1.29 is 0 Å². The Balaban J connectivity index is 1.59. The molecule has 0 saturated heterocycles. The second-order valence-corrected chi connectivity index (χ2v) is 8.98. The first-order valence-corrected chi connectivity index (χ1v) is 10.9. The van der Waals surface area contributed by atoms with Crippen LogP contribution in [-0.4, -0.2) is 14.1 Å². The van der Waals surface area contributed by atoms with E-state index >= 15 is 0 Å². The van der Waals surface area contributed by atoms with Gasteiger partial charge >= 0.3 is 5.69 Å². The van der Waals surface area contributed by atoms with E-state index in [9.17, 15) is 10.1 Å². The largest absolute Gasteiger partial charge is 0.333 e. The molecule has 162 valence electrons. The Labute approximate surface area is 192 Å². The monoisotopic (exact) mass is 432 g/mol. The lowest BCUT2D eigenvalue weighted by atomic mass is 9.86. The highest BCUT2D eigenvalue weighted by Gasteiger charge is 2.20. The summed E-state index contributed by atoms with van der Waals surface area (Å²) >= 11 is 0. The zero-order valence-corrected chi connectivity index (χ0v) is 18.9. The molecule has 0 N–H and O–H groups in total. The molecule has 0 unspecified atom stereocenters. The van der Waals surface area contributed by atoms with Crippen molar-refractivity contribution in [2.45, 2.75) is 25.7 Å². The van der Waals surface area contributed by atoms with Gasteiger partial charge in [0.25, 0.3) is 0 Å². The summed E-state index contributed by atoms with van der Waals surface area (Å²) in [5.74, 6) is 0. The maximum Gasteiger partial charge on any atom is 0.333 e. The van der Waals surface area contributed by atoms with Crippen LogP contribution in [0.3, 0.4) is 0 Å². The molecule has 4 aromatic rings. The number of hydrogen-bond acceptors (Lipinski definition) is 3. The van der Waals surface area contributed by atoms with Gasteiger partial charge in [-0.05, 0) is 78.4 Å². The summed E-state index contributed by atoms with van der Waals surface area (Å²) < 4.78 is 3.23. The topological polar surface area (TPSA) is 63.6 Å². The molecule has 0 fully saturated rings. The smallest absolute Gasteiger partial charge is 0.301 e. The summed E-state index contributed by atoms with van der Waals surface area (Å²) in [4.78, 5) is 17.6. The third kappa shape index (κ3) is 3.60. The summed E-state index contributed by atoms with van der Waals surface area (Å²) in [5.41, 5.74) is 7.12. The van der Waals surface area contributed by atoms with Crippen LogP contribution in [-0.2, 0) is 18.9 Å². The lowest BCUT2D eigenvalue weighted by Gasteiger charge is -2.16. The molecule has 0 saturated carbocycles. The maximum absolute atomic E-state index is 13.0. The van der Waals surface area contributed by atoms with Crippen molar-refractivity contribution in [3.05, 3.63) is 100 Å². The van der Waals surface area contributed by atoms with E-state index in [1.807, 2.05) is 56.4 Å². The Hall–Kier alpha value is -4.17. The number of pyridine rings is 1. The maximum atomic E-state index is 13.0. The van der Waals surface area contributed by atoms with E-state index in [1.54, 1.807) is 22.4 Å². The first kappa shape index (κ1) is 20.7. The molecule has 0 bridgehead atoms. The minimum atomic E-state index is -0.593. The van der Waals surface area contributed by atoms with Crippen LogP contribution in [0.4, 0.5) is 0 Å². The number of benzene rings is 2. The molecule has 0 aliphatic heterocycles. The van der Waals surface area contributed by atoms with Crippen LogP contribution < -0.4 is 5.69 Å². The molecule has 2 heterocycles. The average molecular weight is 433 g/mol. The minimum absolute atomic E-state index is 0.146. The average Bonchev–Trinajstić information content (AvgIpc) is 3.43. The van der Waals surface area contributed by atoms with Gasteiger partial charge in [-0.1, -0.05) is 36.4 Å². The number of fused-ring (bicyclic) bond motifs is 1. The van der Waals surface area contributed by atoms with E-state index < -0.39 is 5.41 Å². The van der Waals surface area contributed by atoms with Crippen LogP contribution in [0.2, 0.25) is 0 Å². The van der Waals surface area contributed by atoms with Gasteiger partial charge in [0.05, 0.1) is 28.6 Å². The van der Waals surface area contributed by atoms with Gasteiger partial charge in [0.1, 0.15) is 0 Å². The number of aromatic nitrogens is 3. The van der Waals surface area contributed by atoms with Crippen LogP contribution in [0.1, 0.15) is 30.5 Å². The third-order valence-corrected chi connectivity index (χ3v) is 6.31. The Morgan fingerprint density at radius 2 is 1.79 bits per heavy atom. The van der Waals surface area contributed by atoms with E-state index in [1.165, 1.54) is 11.1 Å². The molecule has 1 aliphatic rings. The van der Waals surface area contributed by atoms with Crippen molar-refractivity contribution in [3.63, 3.8) is 0 Å². The molecule has 0 radical (unpaired) electrons. The SMILES string of the molecule is Cn1cc(-c2cc(-c3ccc4c(c3)C=CC4)ccn2)n(-c2ccc(C(C)(C)C#N)cc2)c1=O. The van der Waals surface area contributed by atoms with Crippen molar-refractivity contribution in [2.24, 2.45) is 7.05 Å². The number of hydrogen-bond donors (Lipinski definition) is 0. The molecule has 2 aromatic heterocycles. The van der Waals surface area contributed by atoms with Crippen LogP contribution in [0.5, 0.6) is 0 Å². The van der Waals surface area contributed by atoms with E-state index in [0.717, 1.165) is 40.2 Å². The zero-order valence-electron chi connectivity index (χ0n) is 18.9.